The third-order valence-electron chi connectivity index (χ3n) is 3.92. The molecule has 1 fully saturated rings. The summed E-state index contributed by atoms with van der Waals surface area (Å²) in [6, 6.07) is 9.28. The van der Waals surface area contributed by atoms with Gasteiger partial charge in [-0.3, -0.25) is 10.1 Å². The first kappa shape index (κ1) is 14.5. The number of nitriles is 1. The highest BCUT2D eigenvalue weighted by Gasteiger charge is 2.23. The Morgan fingerprint density at radius 1 is 1.30 bits per heavy atom. The lowest BCUT2D eigenvalue weighted by atomic mass is 9.96. The van der Waals surface area contributed by atoms with Crippen LogP contribution in [0.4, 0.5) is 5.69 Å². The molecule has 0 aromatic heterocycles. The second kappa shape index (κ2) is 7.01. The van der Waals surface area contributed by atoms with Crippen LogP contribution in [0.3, 0.4) is 0 Å². The van der Waals surface area contributed by atoms with Gasteiger partial charge in [0.2, 0.25) is 0 Å². The molecular weight excluding hydrogens is 254 g/mol. The predicted molar refractivity (Wildman–Crippen MR) is 75.9 cm³/mol. The van der Waals surface area contributed by atoms with E-state index in [1.807, 2.05) is 0 Å². The lowest BCUT2D eigenvalue weighted by molar-refractivity contribution is -0.385. The fourth-order valence-corrected chi connectivity index (χ4v) is 2.79. The van der Waals surface area contributed by atoms with Gasteiger partial charge in [-0.2, -0.15) is 5.26 Å². The standard InChI is InChI=1S/C15H19N3O2/c16-10-12-6-2-1-3-8-14(12)17-11-13-7-4-5-9-15(13)18(19)20/h4-5,7,9,12,14,17H,1-3,6,8,11H2. The van der Waals surface area contributed by atoms with Crippen molar-refractivity contribution in [2.75, 3.05) is 0 Å². The quantitative estimate of drug-likeness (QED) is 0.519. The van der Waals surface area contributed by atoms with Gasteiger partial charge in [0, 0.05) is 24.2 Å². The summed E-state index contributed by atoms with van der Waals surface area (Å²) < 4.78 is 0. The molecule has 1 aromatic rings. The molecular formula is C15H19N3O2. The molecule has 0 aliphatic heterocycles. The molecule has 2 unspecified atom stereocenters. The highest BCUT2D eigenvalue weighted by molar-refractivity contribution is 5.39. The summed E-state index contributed by atoms with van der Waals surface area (Å²) in [6.45, 7) is 0.444. The molecule has 0 spiro atoms. The molecule has 2 atom stereocenters. The molecule has 20 heavy (non-hydrogen) atoms. The smallest absolute Gasteiger partial charge is 0.273 e. The number of nitrogens with one attached hydrogen (secondary N) is 1. The zero-order chi connectivity index (χ0) is 14.4. The predicted octanol–water partition coefficient (Wildman–Crippen LogP) is 3.16. The highest BCUT2D eigenvalue weighted by Crippen LogP contribution is 2.24. The van der Waals surface area contributed by atoms with Gasteiger partial charge in [0.15, 0.2) is 0 Å². The monoisotopic (exact) mass is 273 g/mol. The minimum absolute atomic E-state index is 0.0141. The van der Waals surface area contributed by atoms with E-state index in [1.54, 1.807) is 18.2 Å². The molecule has 0 heterocycles. The van der Waals surface area contributed by atoms with Gasteiger partial charge in [0.1, 0.15) is 0 Å². The van der Waals surface area contributed by atoms with E-state index in [1.165, 1.54) is 12.5 Å². The van der Waals surface area contributed by atoms with Crippen molar-refractivity contribution in [3.8, 4) is 6.07 Å². The van der Waals surface area contributed by atoms with E-state index in [-0.39, 0.29) is 22.6 Å². The summed E-state index contributed by atoms with van der Waals surface area (Å²) in [5.74, 6) is 0.0141. The summed E-state index contributed by atoms with van der Waals surface area (Å²) in [5.41, 5.74) is 0.820. The van der Waals surface area contributed by atoms with Crippen LogP contribution >= 0.6 is 0 Å². The van der Waals surface area contributed by atoms with Gasteiger partial charge < -0.3 is 5.32 Å². The van der Waals surface area contributed by atoms with Gasteiger partial charge in [0.25, 0.3) is 5.69 Å². The Bertz CT molecular complexity index is 510. The van der Waals surface area contributed by atoms with Gasteiger partial charge in [-0.25, -0.2) is 0 Å². The van der Waals surface area contributed by atoms with Gasteiger partial charge >= 0.3 is 0 Å². The fourth-order valence-electron chi connectivity index (χ4n) is 2.79. The molecule has 1 aromatic carbocycles. The Kier molecular flexibility index (Phi) is 5.08. The average molecular weight is 273 g/mol. The Morgan fingerprint density at radius 3 is 2.80 bits per heavy atom. The molecule has 106 valence electrons. The number of hydrogen-bond acceptors (Lipinski definition) is 4. The normalized spacial score (nSPS) is 22.8. The lowest BCUT2D eigenvalue weighted by Gasteiger charge is -2.20. The van der Waals surface area contributed by atoms with E-state index in [0.717, 1.165) is 25.7 Å². The number of benzene rings is 1. The Balaban J connectivity index is 2.04. The maximum Gasteiger partial charge on any atom is 0.273 e. The van der Waals surface area contributed by atoms with E-state index < -0.39 is 0 Å². The number of rotatable bonds is 4. The molecule has 1 aliphatic carbocycles. The van der Waals surface area contributed by atoms with Crippen LogP contribution in [0, 0.1) is 27.4 Å². The van der Waals surface area contributed by atoms with Crippen molar-refractivity contribution >= 4 is 5.69 Å². The molecule has 1 aliphatic rings. The first-order valence-corrected chi connectivity index (χ1v) is 7.07. The van der Waals surface area contributed by atoms with Gasteiger partial charge in [-0.1, -0.05) is 37.5 Å². The Morgan fingerprint density at radius 2 is 2.05 bits per heavy atom. The van der Waals surface area contributed by atoms with E-state index in [4.69, 9.17) is 0 Å². The Labute approximate surface area is 118 Å². The summed E-state index contributed by atoms with van der Waals surface area (Å²) in [6.07, 6.45) is 5.28. The average Bonchev–Trinajstić information content (AvgIpc) is 2.70. The topological polar surface area (TPSA) is 79.0 Å². The number of para-hydroxylation sites is 1. The molecule has 0 radical (unpaired) electrons. The maximum absolute atomic E-state index is 11.0. The zero-order valence-electron chi connectivity index (χ0n) is 11.4. The van der Waals surface area contributed by atoms with Crippen LogP contribution in [0.5, 0.6) is 0 Å². The molecule has 1 N–H and O–H groups in total. The van der Waals surface area contributed by atoms with E-state index in [9.17, 15) is 15.4 Å². The van der Waals surface area contributed by atoms with Crippen LogP contribution < -0.4 is 5.32 Å². The Hall–Kier alpha value is -1.93. The summed E-state index contributed by atoms with van der Waals surface area (Å²) in [5, 5.41) is 23.5. The SMILES string of the molecule is N#CC1CCCCCC1NCc1ccccc1[N+](=O)[O-]. The van der Waals surface area contributed by atoms with Crippen molar-refractivity contribution in [3.05, 3.63) is 39.9 Å². The van der Waals surface area contributed by atoms with Crippen molar-refractivity contribution < 1.29 is 4.92 Å². The second-order valence-corrected chi connectivity index (χ2v) is 5.25. The van der Waals surface area contributed by atoms with Crippen LogP contribution in [0.15, 0.2) is 24.3 Å². The number of nitro groups is 1. The van der Waals surface area contributed by atoms with Gasteiger partial charge in [-0.15, -0.1) is 0 Å². The van der Waals surface area contributed by atoms with Crippen molar-refractivity contribution in [2.45, 2.75) is 44.7 Å². The second-order valence-electron chi connectivity index (χ2n) is 5.25. The van der Waals surface area contributed by atoms with E-state index in [2.05, 4.69) is 11.4 Å². The van der Waals surface area contributed by atoms with Gasteiger partial charge in [-0.05, 0) is 12.8 Å². The molecule has 5 heteroatoms. The van der Waals surface area contributed by atoms with Crippen molar-refractivity contribution in [1.82, 2.24) is 5.32 Å². The molecule has 5 nitrogen and oxygen atoms in total. The molecule has 0 amide bonds. The van der Waals surface area contributed by atoms with E-state index in [0.29, 0.717) is 12.1 Å². The number of nitrogens with zero attached hydrogens (tertiary/aromatic N) is 2. The van der Waals surface area contributed by atoms with Crippen molar-refractivity contribution in [2.24, 2.45) is 5.92 Å². The third kappa shape index (κ3) is 3.55. The van der Waals surface area contributed by atoms with Crippen LogP contribution in [0.1, 0.15) is 37.7 Å². The van der Waals surface area contributed by atoms with Crippen LogP contribution in [-0.4, -0.2) is 11.0 Å². The minimum atomic E-state index is -0.355. The number of nitro benzene ring substituents is 1. The first-order chi connectivity index (χ1) is 9.72. The molecule has 2 rings (SSSR count). The summed E-state index contributed by atoms with van der Waals surface area (Å²) in [4.78, 5) is 10.6. The van der Waals surface area contributed by atoms with Crippen LogP contribution in [0.25, 0.3) is 0 Å². The van der Waals surface area contributed by atoms with Crippen LogP contribution in [0.2, 0.25) is 0 Å². The minimum Gasteiger partial charge on any atom is -0.308 e. The molecule has 0 saturated heterocycles. The number of hydrogen-bond donors (Lipinski definition) is 1. The van der Waals surface area contributed by atoms with Crippen LogP contribution in [-0.2, 0) is 6.54 Å². The summed E-state index contributed by atoms with van der Waals surface area (Å²) in [7, 11) is 0. The third-order valence-corrected chi connectivity index (χ3v) is 3.92. The molecule has 0 bridgehead atoms. The van der Waals surface area contributed by atoms with Crippen molar-refractivity contribution in [1.29, 1.82) is 5.26 Å². The highest BCUT2D eigenvalue weighted by atomic mass is 16.6. The molecule has 1 saturated carbocycles. The summed E-state index contributed by atoms with van der Waals surface area (Å²) >= 11 is 0. The largest absolute Gasteiger partial charge is 0.308 e. The first-order valence-electron chi connectivity index (χ1n) is 7.07. The van der Waals surface area contributed by atoms with Crippen molar-refractivity contribution in [3.63, 3.8) is 0 Å². The zero-order valence-corrected chi connectivity index (χ0v) is 11.4. The van der Waals surface area contributed by atoms with Gasteiger partial charge in [0.05, 0.1) is 16.9 Å². The lowest BCUT2D eigenvalue weighted by Crippen LogP contribution is -2.34. The fraction of sp³-hybridized carbons (Fsp3) is 0.533. The van der Waals surface area contributed by atoms with E-state index >= 15 is 0 Å². The maximum atomic E-state index is 11.0.